The first-order valence-electron chi connectivity index (χ1n) is 28.5. The van der Waals surface area contributed by atoms with Crippen LogP contribution in [0.15, 0.2) is 264 Å². The molecule has 4 aromatic heterocycles. The first kappa shape index (κ1) is 47.7. The van der Waals surface area contributed by atoms with Gasteiger partial charge in [0.2, 0.25) is 0 Å². The number of nitrogens with zero attached hydrogens (tertiary/aromatic N) is 4. The number of benzene rings is 12. The lowest BCUT2D eigenvalue weighted by atomic mass is 10.0. The molecule has 0 aliphatic heterocycles. The van der Waals surface area contributed by atoms with Crippen LogP contribution in [-0.4, -0.2) is 9.13 Å². The molecule has 0 radical (unpaired) electrons. The quantitative estimate of drug-likeness (QED) is 0.137. The molecule has 0 saturated heterocycles. The van der Waals surface area contributed by atoms with E-state index in [2.05, 4.69) is 301 Å². The van der Waals surface area contributed by atoms with Crippen molar-refractivity contribution in [2.75, 3.05) is 9.80 Å². The van der Waals surface area contributed by atoms with E-state index in [1.165, 1.54) is 55.1 Å². The summed E-state index contributed by atoms with van der Waals surface area (Å²) in [7, 11) is 0. The van der Waals surface area contributed by atoms with Gasteiger partial charge in [-0.3, -0.25) is 0 Å². The van der Waals surface area contributed by atoms with Crippen LogP contribution in [0.3, 0.4) is 0 Å². The third-order valence-corrected chi connectivity index (χ3v) is 17.0. The summed E-state index contributed by atoms with van der Waals surface area (Å²) in [4.78, 5) is 4.76. The van der Waals surface area contributed by atoms with Gasteiger partial charge in [-0.15, -0.1) is 0 Å². The van der Waals surface area contributed by atoms with Gasteiger partial charge in [-0.25, -0.2) is 0 Å². The van der Waals surface area contributed by atoms with Gasteiger partial charge in [0.15, 0.2) is 0 Å². The van der Waals surface area contributed by atoms with Crippen molar-refractivity contribution in [1.82, 2.24) is 9.13 Å². The fraction of sp³-hybridized carbons (Fsp3) is 0.0789. The van der Waals surface area contributed by atoms with Gasteiger partial charge >= 0.3 is 0 Å². The van der Waals surface area contributed by atoms with Crippen LogP contribution in [0.25, 0.3) is 110 Å². The second-order valence-electron chi connectivity index (χ2n) is 22.4. The highest BCUT2D eigenvalue weighted by Gasteiger charge is 2.26. The van der Waals surface area contributed by atoms with Crippen LogP contribution in [0.2, 0.25) is 0 Å². The summed E-state index contributed by atoms with van der Waals surface area (Å²) in [5.41, 5.74) is 19.4. The molecule has 6 nitrogen and oxygen atoms in total. The number of anilines is 6. The van der Waals surface area contributed by atoms with Crippen molar-refractivity contribution < 1.29 is 8.83 Å². The lowest BCUT2D eigenvalue weighted by Gasteiger charge is -2.26. The summed E-state index contributed by atoms with van der Waals surface area (Å²) in [6.45, 7) is 9.10. The number of furan rings is 2. The molecule has 392 valence electrons. The van der Waals surface area contributed by atoms with Gasteiger partial charge in [-0.1, -0.05) is 149 Å². The van der Waals surface area contributed by atoms with Gasteiger partial charge in [0.25, 0.3) is 0 Å². The average Bonchev–Trinajstić information content (AvgIpc) is 3.44. The predicted molar refractivity (Wildman–Crippen MR) is 345 cm³/mol. The molecule has 0 unspecified atom stereocenters. The van der Waals surface area contributed by atoms with Gasteiger partial charge in [-0.2, -0.15) is 0 Å². The van der Waals surface area contributed by atoms with Gasteiger partial charge in [0.05, 0.1) is 33.4 Å². The van der Waals surface area contributed by atoms with Crippen LogP contribution in [-0.2, 0) is 0 Å². The topological polar surface area (TPSA) is 42.6 Å². The zero-order chi connectivity index (χ0) is 54.7. The molecule has 0 saturated carbocycles. The van der Waals surface area contributed by atoms with E-state index in [-0.39, 0.29) is 0 Å². The van der Waals surface area contributed by atoms with Crippen LogP contribution in [0.4, 0.5) is 34.1 Å². The van der Waals surface area contributed by atoms with E-state index in [1.54, 1.807) is 0 Å². The largest absolute Gasteiger partial charge is 0.456 e. The first-order valence-corrected chi connectivity index (χ1v) is 28.5. The van der Waals surface area contributed by atoms with E-state index in [9.17, 15) is 0 Å². The summed E-state index contributed by atoms with van der Waals surface area (Å²) in [5.74, 6) is 0.714. The van der Waals surface area contributed by atoms with E-state index in [1.807, 2.05) is 0 Å². The first-order chi connectivity index (χ1) is 40.3. The molecule has 0 bridgehead atoms. The minimum atomic E-state index is 0.357. The SMILES string of the molecule is CC(C)c1ccccc1-n1c2ccccc2c2c(N(c3ccccc3)c3ccc4c(c3)oc3cc5cc6oc7cc(N(c8ccccc8)c8cccc9c8c8ccccc8n9-c8ccccc8C(C)C)ccc7c6cc5cc34)cccc21. The summed E-state index contributed by atoms with van der Waals surface area (Å²) in [6.07, 6.45) is 0. The fourth-order valence-electron chi connectivity index (χ4n) is 13.3. The van der Waals surface area contributed by atoms with Crippen molar-refractivity contribution in [1.29, 1.82) is 0 Å². The second kappa shape index (κ2) is 18.7. The molecule has 12 aromatic carbocycles. The third-order valence-electron chi connectivity index (χ3n) is 17.0. The Morgan fingerprint density at radius 2 is 0.671 bits per heavy atom. The van der Waals surface area contributed by atoms with Crippen LogP contribution in [0, 0.1) is 0 Å². The highest BCUT2D eigenvalue weighted by Crippen LogP contribution is 2.49. The summed E-state index contributed by atoms with van der Waals surface area (Å²) >= 11 is 0. The van der Waals surface area contributed by atoms with E-state index >= 15 is 0 Å². The van der Waals surface area contributed by atoms with Crippen molar-refractivity contribution in [2.45, 2.75) is 39.5 Å². The maximum atomic E-state index is 6.91. The van der Waals surface area contributed by atoms with Crippen LogP contribution in [0.5, 0.6) is 0 Å². The van der Waals surface area contributed by atoms with Crippen molar-refractivity contribution >= 4 is 132 Å². The lowest BCUT2D eigenvalue weighted by Crippen LogP contribution is -2.10. The van der Waals surface area contributed by atoms with E-state index in [0.29, 0.717) is 11.8 Å². The summed E-state index contributed by atoms with van der Waals surface area (Å²) < 4.78 is 18.7. The number of aromatic nitrogens is 2. The molecule has 0 spiro atoms. The molecule has 6 heteroatoms. The van der Waals surface area contributed by atoms with Crippen LogP contribution < -0.4 is 9.80 Å². The Hall–Kier alpha value is -10.3. The highest BCUT2D eigenvalue weighted by molar-refractivity contribution is 6.20. The number of fused-ring (bicyclic) bond motifs is 13. The van der Waals surface area contributed by atoms with Gasteiger partial charge < -0.3 is 27.8 Å². The normalized spacial score (nSPS) is 12.1. The molecule has 0 fully saturated rings. The molecule has 0 amide bonds. The Morgan fingerprint density at radius 1 is 0.293 bits per heavy atom. The smallest absolute Gasteiger partial charge is 0.137 e. The Morgan fingerprint density at radius 3 is 1.12 bits per heavy atom. The molecular weight excluding hydrogens is 1000 g/mol. The summed E-state index contributed by atoms with van der Waals surface area (Å²) in [6, 6.07) is 92.4. The monoisotopic (exact) mass is 1060 g/mol. The summed E-state index contributed by atoms with van der Waals surface area (Å²) in [5, 5.41) is 11.3. The van der Waals surface area contributed by atoms with Crippen molar-refractivity contribution in [3.8, 4) is 11.4 Å². The molecule has 82 heavy (non-hydrogen) atoms. The molecule has 0 aliphatic rings. The zero-order valence-electron chi connectivity index (χ0n) is 46.0. The minimum Gasteiger partial charge on any atom is -0.456 e. The maximum absolute atomic E-state index is 6.91. The maximum Gasteiger partial charge on any atom is 0.137 e. The molecule has 0 N–H and O–H groups in total. The highest BCUT2D eigenvalue weighted by atomic mass is 16.3. The fourth-order valence-corrected chi connectivity index (χ4v) is 13.3. The standard InChI is InChI=1S/C76H56N4O2/c1-47(2)55-25-11-15-29-63(55)79-65-31-17-13-27-59(65)75-67(33-19-35-69(75)79)77(51-21-7-5-8-22-51)53-37-39-57-61-41-49-42-62-58-40-38-54(46-74(58)82-72(62)44-50(49)43-71(61)81-73(57)45-53)78(52-23-9-6-10-24-52)68-34-20-36-70-76(68)60-28-14-18-32-66(60)80(70)64-30-16-12-26-56(64)48(3)4/h5-48H,1-4H3. The predicted octanol–water partition coefficient (Wildman–Crippen LogP) is 22.0. The molecule has 16 rings (SSSR count). The zero-order valence-corrected chi connectivity index (χ0v) is 46.0. The molecule has 0 aliphatic carbocycles. The van der Waals surface area contributed by atoms with Gasteiger partial charge in [0, 0.05) is 89.3 Å². The number of hydrogen-bond acceptors (Lipinski definition) is 4. The van der Waals surface area contributed by atoms with Gasteiger partial charge in [0.1, 0.15) is 22.3 Å². The Bertz CT molecular complexity index is 4870. The van der Waals surface area contributed by atoms with E-state index in [0.717, 1.165) is 99.8 Å². The van der Waals surface area contributed by atoms with E-state index < -0.39 is 0 Å². The van der Waals surface area contributed by atoms with Crippen molar-refractivity contribution in [3.05, 3.63) is 266 Å². The van der Waals surface area contributed by atoms with E-state index in [4.69, 9.17) is 8.83 Å². The number of rotatable bonds is 10. The second-order valence-corrected chi connectivity index (χ2v) is 22.4. The van der Waals surface area contributed by atoms with Crippen molar-refractivity contribution in [2.24, 2.45) is 0 Å². The average molecular weight is 1060 g/mol. The molecular formula is C76H56N4O2. The molecule has 4 heterocycles. The Labute approximate surface area is 474 Å². The molecule has 0 atom stereocenters. The minimum absolute atomic E-state index is 0.357. The number of hydrogen-bond donors (Lipinski definition) is 0. The Balaban J connectivity index is 0.812. The van der Waals surface area contributed by atoms with Crippen LogP contribution in [0.1, 0.15) is 50.7 Å². The van der Waals surface area contributed by atoms with Gasteiger partial charge in [-0.05, 0) is 155 Å². The lowest BCUT2D eigenvalue weighted by molar-refractivity contribution is 0.668. The van der Waals surface area contributed by atoms with Crippen LogP contribution >= 0.6 is 0 Å². The third kappa shape index (κ3) is 7.34. The Kier molecular flexibility index (Phi) is 10.8. The molecule has 16 aromatic rings. The number of para-hydroxylation sites is 6. The van der Waals surface area contributed by atoms with Crippen molar-refractivity contribution in [3.63, 3.8) is 0 Å².